The lowest BCUT2D eigenvalue weighted by Gasteiger charge is -2.29. The van der Waals surface area contributed by atoms with Crippen molar-refractivity contribution in [3.63, 3.8) is 0 Å². The number of ether oxygens (including phenoxy) is 1. The number of rotatable bonds is 3. The van der Waals surface area contributed by atoms with E-state index in [0.29, 0.717) is 11.3 Å². The standard InChI is InChI=1S/C15H11NO3/c17-15(10-5-7-12(16-18)8-6-10)19-14-9-11-3-1-2-4-13(11)14/h1-8,14H,9H2/t14-/m1/s1. The van der Waals surface area contributed by atoms with Gasteiger partial charge in [0.15, 0.2) is 0 Å². The Morgan fingerprint density at radius 1 is 1.11 bits per heavy atom. The first kappa shape index (κ1) is 11.6. The summed E-state index contributed by atoms with van der Waals surface area (Å²) in [7, 11) is 0. The Hall–Kier alpha value is -2.49. The zero-order valence-electron chi connectivity index (χ0n) is 10.1. The molecule has 2 aromatic rings. The lowest BCUT2D eigenvalue weighted by molar-refractivity contribution is 0.0242. The maximum Gasteiger partial charge on any atom is 0.338 e. The average molecular weight is 253 g/mol. The third-order valence-corrected chi connectivity index (χ3v) is 3.26. The molecule has 2 aromatic carbocycles. The molecule has 19 heavy (non-hydrogen) atoms. The number of benzene rings is 2. The van der Waals surface area contributed by atoms with Crippen molar-refractivity contribution >= 4 is 11.7 Å². The Morgan fingerprint density at radius 2 is 1.84 bits per heavy atom. The molecular formula is C15H11NO3. The zero-order valence-corrected chi connectivity index (χ0v) is 10.1. The van der Waals surface area contributed by atoms with Crippen molar-refractivity contribution in [1.29, 1.82) is 0 Å². The van der Waals surface area contributed by atoms with Crippen molar-refractivity contribution in [2.24, 2.45) is 5.18 Å². The van der Waals surface area contributed by atoms with Gasteiger partial charge in [-0.25, -0.2) is 4.79 Å². The van der Waals surface area contributed by atoms with E-state index in [1.807, 2.05) is 24.3 Å². The summed E-state index contributed by atoms with van der Waals surface area (Å²) in [6.45, 7) is 0. The molecule has 0 aliphatic heterocycles. The normalized spacial score (nSPS) is 16.1. The van der Waals surface area contributed by atoms with Crippen LogP contribution in [0.25, 0.3) is 0 Å². The summed E-state index contributed by atoms with van der Waals surface area (Å²) in [5.74, 6) is -0.378. The molecule has 0 aromatic heterocycles. The highest BCUT2D eigenvalue weighted by molar-refractivity contribution is 5.90. The van der Waals surface area contributed by atoms with Crippen molar-refractivity contribution in [3.8, 4) is 0 Å². The summed E-state index contributed by atoms with van der Waals surface area (Å²) in [4.78, 5) is 22.2. The smallest absolute Gasteiger partial charge is 0.338 e. The molecule has 1 atom stereocenters. The fourth-order valence-electron chi connectivity index (χ4n) is 2.17. The first-order chi connectivity index (χ1) is 9.28. The number of carbonyl (C=O) groups excluding carboxylic acids is 1. The second-order valence-electron chi connectivity index (χ2n) is 4.44. The predicted octanol–water partition coefficient (Wildman–Crippen LogP) is 3.54. The number of esters is 1. The molecule has 1 aliphatic carbocycles. The van der Waals surface area contributed by atoms with Crippen LogP contribution in [-0.4, -0.2) is 5.97 Å². The van der Waals surface area contributed by atoms with Crippen LogP contribution in [0.5, 0.6) is 0 Å². The lowest BCUT2D eigenvalue weighted by Crippen LogP contribution is -2.22. The van der Waals surface area contributed by atoms with Gasteiger partial charge in [0.25, 0.3) is 0 Å². The van der Waals surface area contributed by atoms with Gasteiger partial charge in [-0.05, 0) is 40.6 Å². The average Bonchev–Trinajstić information content (AvgIpc) is 2.44. The quantitative estimate of drug-likeness (QED) is 0.621. The van der Waals surface area contributed by atoms with E-state index < -0.39 is 0 Å². The van der Waals surface area contributed by atoms with Gasteiger partial charge in [0.05, 0.1) is 5.56 Å². The van der Waals surface area contributed by atoms with Crippen LogP contribution in [0, 0.1) is 4.91 Å². The highest BCUT2D eigenvalue weighted by Gasteiger charge is 2.29. The highest BCUT2D eigenvalue weighted by Crippen LogP contribution is 2.36. The van der Waals surface area contributed by atoms with Crippen LogP contribution < -0.4 is 0 Å². The molecule has 0 heterocycles. The van der Waals surface area contributed by atoms with Gasteiger partial charge >= 0.3 is 5.97 Å². The molecule has 94 valence electrons. The van der Waals surface area contributed by atoms with Crippen LogP contribution in [-0.2, 0) is 11.2 Å². The summed E-state index contributed by atoms with van der Waals surface area (Å²) in [6, 6.07) is 14.0. The van der Waals surface area contributed by atoms with Gasteiger partial charge in [-0.1, -0.05) is 24.3 Å². The molecule has 1 aliphatic rings. The summed E-state index contributed by atoms with van der Waals surface area (Å²) in [5, 5.41) is 2.79. The first-order valence-electron chi connectivity index (χ1n) is 6.00. The van der Waals surface area contributed by atoms with Crippen LogP contribution in [0.1, 0.15) is 27.6 Å². The van der Waals surface area contributed by atoms with E-state index >= 15 is 0 Å². The molecule has 0 saturated carbocycles. The van der Waals surface area contributed by atoms with Gasteiger partial charge < -0.3 is 4.74 Å². The molecule has 0 bridgehead atoms. The Labute approximate surface area is 110 Å². The van der Waals surface area contributed by atoms with Gasteiger partial charge in [0, 0.05) is 6.42 Å². The molecule has 4 nitrogen and oxygen atoms in total. The topological polar surface area (TPSA) is 55.7 Å². The van der Waals surface area contributed by atoms with E-state index in [-0.39, 0.29) is 12.1 Å². The fourth-order valence-corrected chi connectivity index (χ4v) is 2.17. The zero-order chi connectivity index (χ0) is 13.2. The summed E-state index contributed by atoms with van der Waals surface area (Å²) < 4.78 is 5.42. The van der Waals surface area contributed by atoms with Gasteiger partial charge in [-0.15, -0.1) is 4.91 Å². The maximum absolute atomic E-state index is 11.9. The van der Waals surface area contributed by atoms with E-state index in [9.17, 15) is 9.70 Å². The molecule has 0 fully saturated rings. The number of carbonyl (C=O) groups is 1. The number of hydrogen-bond acceptors (Lipinski definition) is 4. The number of hydrogen-bond donors (Lipinski definition) is 0. The van der Waals surface area contributed by atoms with E-state index in [0.717, 1.165) is 12.0 Å². The van der Waals surface area contributed by atoms with E-state index in [1.165, 1.54) is 17.7 Å². The second kappa shape index (κ2) is 4.65. The van der Waals surface area contributed by atoms with Crippen LogP contribution >= 0.6 is 0 Å². The number of fused-ring (bicyclic) bond motifs is 1. The Balaban J connectivity index is 1.71. The van der Waals surface area contributed by atoms with Crippen LogP contribution in [0.15, 0.2) is 53.7 Å². The summed E-state index contributed by atoms with van der Waals surface area (Å²) >= 11 is 0. The molecule has 0 amide bonds. The minimum absolute atomic E-state index is 0.160. The minimum atomic E-state index is -0.378. The van der Waals surface area contributed by atoms with Gasteiger partial charge in [-0.3, -0.25) is 0 Å². The van der Waals surface area contributed by atoms with Crippen LogP contribution in [0.4, 0.5) is 5.69 Å². The van der Waals surface area contributed by atoms with Gasteiger partial charge in [-0.2, -0.15) is 0 Å². The van der Waals surface area contributed by atoms with E-state index in [4.69, 9.17) is 4.74 Å². The van der Waals surface area contributed by atoms with Crippen molar-refractivity contribution in [1.82, 2.24) is 0 Å². The van der Waals surface area contributed by atoms with Gasteiger partial charge in [0.1, 0.15) is 11.8 Å². The maximum atomic E-state index is 11.9. The first-order valence-corrected chi connectivity index (χ1v) is 6.00. The Bertz CT molecular complexity index is 634. The van der Waals surface area contributed by atoms with Crippen molar-refractivity contribution in [2.75, 3.05) is 0 Å². The lowest BCUT2D eigenvalue weighted by atomic mass is 9.85. The third-order valence-electron chi connectivity index (χ3n) is 3.26. The monoisotopic (exact) mass is 253 g/mol. The molecular weight excluding hydrogens is 242 g/mol. The van der Waals surface area contributed by atoms with Crippen molar-refractivity contribution < 1.29 is 9.53 Å². The molecule has 0 N–H and O–H groups in total. The number of nitroso groups, excluding NO2 is 1. The fraction of sp³-hybridized carbons (Fsp3) is 0.133. The summed E-state index contributed by atoms with van der Waals surface area (Å²) in [5.41, 5.74) is 3.02. The minimum Gasteiger partial charge on any atom is -0.454 e. The van der Waals surface area contributed by atoms with Crippen molar-refractivity contribution in [3.05, 3.63) is 70.1 Å². The van der Waals surface area contributed by atoms with Crippen molar-refractivity contribution in [2.45, 2.75) is 12.5 Å². The molecule has 4 heteroatoms. The van der Waals surface area contributed by atoms with Gasteiger partial charge in [0.2, 0.25) is 0 Å². The SMILES string of the molecule is O=Nc1ccc(C(=O)O[C@@H]2Cc3ccccc32)cc1. The van der Waals surface area contributed by atoms with E-state index in [2.05, 4.69) is 5.18 Å². The molecule has 0 unspecified atom stereocenters. The molecule has 0 saturated heterocycles. The highest BCUT2D eigenvalue weighted by atomic mass is 16.5. The predicted molar refractivity (Wildman–Crippen MR) is 70.2 cm³/mol. The number of nitrogens with zero attached hydrogens (tertiary/aromatic N) is 1. The third kappa shape index (κ3) is 2.12. The largest absolute Gasteiger partial charge is 0.454 e. The van der Waals surface area contributed by atoms with Crippen LogP contribution in [0.3, 0.4) is 0 Å². The molecule has 0 spiro atoms. The Kier molecular flexibility index (Phi) is 2.83. The molecule has 3 rings (SSSR count). The second-order valence-corrected chi connectivity index (χ2v) is 4.44. The summed E-state index contributed by atoms with van der Waals surface area (Å²) in [6.07, 6.45) is 0.600. The van der Waals surface area contributed by atoms with Crippen LogP contribution in [0.2, 0.25) is 0 Å². The Morgan fingerprint density at radius 3 is 2.53 bits per heavy atom. The van der Waals surface area contributed by atoms with E-state index in [1.54, 1.807) is 12.1 Å². The molecule has 0 radical (unpaired) electrons.